The fraction of sp³-hybridized carbons (Fsp3) is 0.958. The van der Waals surface area contributed by atoms with Crippen molar-refractivity contribution in [3.8, 4) is 0 Å². The molecular formula is C24H51N3. The van der Waals surface area contributed by atoms with Crippen LogP contribution in [0.5, 0.6) is 0 Å². The lowest BCUT2D eigenvalue weighted by atomic mass is 9.52. The van der Waals surface area contributed by atoms with E-state index in [0.29, 0.717) is 5.92 Å². The average Bonchev–Trinajstić information content (AvgIpc) is 2.43. The summed E-state index contributed by atoms with van der Waals surface area (Å²) < 4.78 is 0. The van der Waals surface area contributed by atoms with Crippen molar-refractivity contribution in [1.29, 1.82) is 5.41 Å². The Balaban J connectivity index is 5.72. The molecule has 2 unspecified atom stereocenters. The lowest BCUT2D eigenvalue weighted by Gasteiger charge is -2.53. The standard InChI is InChI=1S/C24H51N3/c1-19(17-22(5,6)27(12)13)23(7,8)24(9,18-21(2,3)4)20(25)15-14-16-26(10)11/h19,25H,14-18H2,1-13H3. The van der Waals surface area contributed by atoms with Crippen molar-refractivity contribution in [2.45, 2.75) is 93.5 Å². The highest BCUT2D eigenvalue weighted by atomic mass is 15.1. The predicted octanol–water partition coefficient (Wildman–Crippen LogP) is 6.18. The fourth-order valence-corrected chi connectivity index (χ4v) is 4.36. The van der Waals surface area contributed by atoms with Gasteiger partial charge in [0.2, 0.25) is 0 Å². The maximum Gasteiger partial charge on any atom is 0.0154 e. The van der Waals surface area contributed by atoms with Crippen molar-refractivity contribution < 1.29 is 0 Å². The third-order valence-electron chi connectivity index (χ3n) is 7.25. The number of hydrogen-bond acceptors (Lipinski definition) is 3. The number of nitrogens with one attached hydrogen (secondary N) is 1. The molecule has 0 saturated carbocycles. The summed E-state index contributed by atoms with van der Waals surface area (Å²) in [6.45, 7) is 22.3. The molecule has 0 bridgehead atoms. The summed E-state index contributed by atoms with van der Waals surface area (Å²) in [5.74, 6) is 0.524. The Bertz CT molecular complexity index is 469. The first-order valence-corrected chi connectivity index (χ1v) is 10.8. The van der Waals surface area contributed by atoms with E-state index in [1.54, 1.807) is 0 Å². The zero-order chi connectivity index (χ0) is 21.8. The van der Waals surface area contributed by atoms with Gasteiger partial charge >= 0.3 is 0 Å². The summed E-state index contributed by atoms with van der Waals surface area (Å²) in [5.41, 5.74) is 1.27. The Kier molecular flexibility index (Phi) is 9.25. The van der Waals surface area contributed by atoms with Crippen LogP contribution in [0.1, 0.15) is 88.0 Å². The average molecular weight is 382 g/mol. The number of hydrogen-bond donors (Lipinski definition) is 1. The van der Waals surface area contributed by atoms with Crippen molar-refractivity contribution in [2.75, 3.05) is 34.7 Å². The van der Waals surface area contributed by atoms with Crippen molar-refractivity contribution in [3.05, 3.63) is 0 Å². The highest BCUT2D eigenvalue weighted by Crippen LogP contribution is 2.53. The molecule has 0 aromatic rings. The van der Waals surface area contributed by atoms with Crippen LogP contribution >= 0.6 is 0 Å². The van der Waals surface area contributed by atoms with Gasteiger partial charge in [-0.2, -0.15) is 0 Å². The molecule has 0 aliphatic heterocycles. The molecule has 0 spiro atoms. The molecule has 0 heterocycles. The predicted molar refractivity (Wildman–Crippen MR) is 123 cm³/mol. The molecule has 0 radical (unpaired) electrons. The van der Waals surface area contributed by atoms with Gasteiger partial charge in [-0.05, 0) is 91.0 Å². The summed E-state index contributed by atoms with van der Waals surface area (Å²) in [5, 5.41) is 9.10. The van der Waals surface area contributed by atoms with Gasteiger partial charge in [-0.25, -0.2) is 0 Å². The molecule has 0 saturated heterocycles. The van der Waals surface area contributed by atoms with Crippen molar-refractivity contribution >= 4 is 5.71 Å². The second-order valence-electron chi connectivity index (χ2n) is 12.0. The first-order chi connectivity index (χ1) is 11.9. The van der Waals surface area contributed by atoms with Crippen LogP contribution < -0.4 is 0 Å². The minimum absolute atomic E-state index is 0.0583. The maximum absolute atomic E-state index is 9.10. The molecule has 0 rings (SSSR count). The van der Waals surface area contributed by atoms with Gasteiger partial charge in [0.05, 0.1) is 0 Å². The molecular weight excluding hydrogens is 330 g/mol. The summed E-state index contributed by atoms with van der Waals surface area (Å²) in [4.78, 5) is 4.56. The molecule has 0 aliphatic carbocycles. The maximum atomic E-state index is 9.10. The van der Waals surface area contributed by atoms with Crippen LogP contribution in [0.15, 0.2) is 0 Å². The third kappa shape index (κ3) is 7.49. The smallest absolute Gasteiger partial charge is 0.0154 e. The molecule has 162 valence electrons. The van der Waals surface area contributed by atoms with Gasteiger partial charge < -0.3 is 15.2 Å². The summed E-state index contributed by atoms with van der Waals surface area (Å²) in [6.07, 6.45) is 4.16. The Morgan fingerprint density at radius 1 is 0.889 bits per heavy atom. The Morgan fingerprint density at radius 3 is 1.74 bits per heavy atom. The molecule has 3 heteroatoms. The SMILES string of the molecule is CC(CC(C)(C)N(C)C)C(C)(C)C(C)(CC(C)(C)C)C(=N)CCCN(C)C. The molecule has 0 amide bonds. The third-order valence-corrected chi connectivity index (χ3v) is 7.25. The highest BCUT2D eigenvalue weighted by molar-refractivity contribution is 5.88. The van der Waals surface area contributed by atoms with E-state index in [2.05, 4.69) is 100 Å². The zero-order valence-electron chi connectivity index (χ0n) is 21.0. The van der Waals surface area contributed by atoms with Crippen molar-refractivity contribution in [2.24, 2.45) is 22.2 Å². The normalized spacial score (nSPS) is 17.3. The largest absolute Gasteiger partial charge is 0.309 e. The molecule has 27 heavy (non-hydrogen) atoms. The lowest BCUT2D eigenvalue weighted by Crippen LogP contribution is -2.50. The van der Waals surface area contributed by atoms with Crippen molar-refractivity contribution in [1.82, 2.24) is 9.80 Å². The van der Waals surface area contributed by atoms with Crippen LogP contribution in [0.4, 0.5) is 0 Å². The van der Waals surface area contributed by atoms with Crippen LogP contribution in [0.3, 0.4) is 0 Å². The zero-order valence-corrected chi connectivity index (χ0v) is 21.0. The summed E-state index contributed by atoms with van der Waals surface area (Å²) >= 11 is 0. The van der Waals surface area contributed by atoms with E-state index in [1.807, 2.05) is 0 Å². The first kappa shape index (κ1) is 26.6. The van der Waals surface area contributed by atoms with Gasteiger partial charge in [0.25, 0.3) is 0 Å². The minimum atomic E-state index is -0.0978. The fourth-order valence-electron chi connectivity index (χ4n) is 4.36. The second kappa shape index (κ2) is 9.39. The summed E-state index contributed by atoms with van der Waals surface area (Å²) in [6, 6.07) is 0. The Hall–Kier alpha value is -0.410. The van der Waals surface area contributed by atoms with E-state index in [0.717, 1.165) is 37.9 Å². The highest BCUT2D eigenvalue weighted by Gasteiger charge is 2.49. The van der Waals surface area contributed by atoms with Crippen LogP contribution in [0, 0.1) is 27.6 Å². The van der Waals surface area contributed by atoms with Crippen molar-refractivity contribution in [3.63, 3.8) is 0 Å². The van der Waals surface area contributed by atoms with Gasteiger partial charge in [0.1, 0.15) is 0 Å². The van der Waals surface area contributed by atoms with Crippen LogP contribution in [-0.4, -0.2) is 55.8 Å². The quantitative estimate of drug-likeness (QED) is 0.433. The van der Waals surface area contributed by atoms with Gasteiger partial charge in [-0.1, -0.05) is 48.5 Å². The summed E-state index contributed by atoms with van der Waals surface area (Å²) in [7, 11) is 8.59. The van der Waals surface area contributed by atoms with Gasteiger partial charge in [0, 0.05) is 16.7 Å². The molecule has 1 N–H and O–H groups in total. The first-order valence-electron chi connectivity index (χ1n) is 10.8. The van der Waals surface area contributed by atoms with Gasteiger partial charge in [-0.15, -0.1) is 0 Å². The van der Waals surface area contributed by atoms with E-state index in [4.69, 9.17) is 5.41 Å². The Morgan fingerprint density at radius 2 is 1.37 bits per heavy atom. The molecule has 0 aliphatic rings. The van der Waals surface area contributed by atoms with Gasteiger partial charge in [0.15, 0.2) is 0 Å². The lowest BCUT2D eigenvalue weighted by molar-refractivity contribution is 0.0211. The monoisotopic (exact) mass is 381 g/mol. The molecule has 0 fully saturated rings. The molecule has 2 atom stereocenters. The molecule has 0 aromatic carbocycles. The second-order valence-corrected chi connectivity index (χ2v) is 12.0. The number of rotatable bonds is 11. The number of nitrogens with zero attached hydrogens (tertiary/aromatic N) is 2. The van der Waals surface area contributed by atoms with E-state index < -0.39 is 0 Å². The van der Waals surface area contributed by atoms with Crippen LogP contribution in [0.2, 0.25) is 0 Å². The van der Waals surface area contributed by atoms with Gasteiger partial charge in [-0.3, -0.25) is 0 Å². The van der Waals surface area contributed by atoms with Crippen LogP contribution in [0.25, 0.3) is 0 Å². The van der Waals surface area contributed by atoms with E-state index >= 15 is 0 Å². The Labute approximate surface area is 171 Å². The van der Waals surface area contributed by atoms with E-state index in [9.17, 15) is 0 Å². The topological polar surface area (TPSA) is 30.3 Å². The molecule has 3 nitrogen and oxygen atoms in total. The molecule has 0 aromatic heterocycles. The van der Waals surface area contributed by atoms with Crippen LogP contribution in [-0.2, 0) is 0 Å². The minimum Gasteiger partial charge on any atom is -0.309 e. The van der Waals surface area contributed by atoms with E-state index in [-0.39, 0.29) is 21.8 Å². The van der Waals surface area contributed by atoms with E-state index in [1.165, 1.54) is 0 Å².